The van der Waals surface area contributed by atoms with Gasteiger partial charge >= 0.3 is 0 Å². The summed E-state index contributed by atoms with van der Waals surface area (Å²) in [5, 5.41) is 6.17. The van der Waals surface area contributed by atoms with Gasteiger partial charge in [-0.05, 0) is 61.6 Å². The standard InChI is InChI=1S/C20H20ClFN2O2/c1-13-12-15(21)6-7-17(13)24-19(26)20(9-10-20)18(25)23-11-8-14-4-2-3-5-16(14)22/h2-7,12H,8-11H2,1H3,(H,23,25)(H,24,26). The van der Waals surface area contributed by atoms with Crippen molar-refractivity contribution in [1.82, 2.24) is 5.32 Å². The van der Waals surface area contributed by atoms with Crippen LogP contribution in [0.1, 0.15) is 24.0 Å². The Kier molecular flexibility index (Phi) is 5.28. The molecule has 0 aliphatic heterocycles. The van der Waals surface area contributed by atoms with Gasteiger partial charge in [-0.1, -0.05) is 29.8 Å². The molecule has 0 spiro atoms. The van der Waals surface area contributed by atoms with E-state index in [4.69, 9.17) is 11.6 Å². The van der Waals surface area contributed by atoms with E-state index < -0.39 is 5.41 Å². The van der Waals surface area contributed by atoms with Gasteiger partial charge in [0.15, 0.2) is 0 Å². The smallest absolute Gasteiger partial charge is 0.240 e. The largest absolute Gasteiger partial charge is 0.355 e. The number of halogens is 2. The van der Waals surface area contributed by atoms with E-state index in [2.05, 4.69) is 10.6 Å². The van der Waals surface area contributed by atoms with Crippen molar-refractivity contribution in [3.8, 4) is 0 Å². The molecule has 3 rings (SSSR count). The Labute approximate surface area is 156 Å². The summed E-state index contributed by atoms with van der Waals surface area (Å²) >= 11 is 5.92. The molecule has 0 saturated heterocycles. The van der Waals surface area contributed by atoms with Gasteiger partial charge in [-0.2, -0.15) is 0 Å². The first-order chi connectivity index (χ1) is 12.4. The predicted molar refractivity (Wildman–Crippen MR) is 99.6 cm³/mol. The minimum atomic E-state index is -1.03. The molecular weight excluding hydrogens is 355 g/mol. The summed E-state index contributed by atoms with van der Waals surface area (Å²) in [4.78, 5) is 25.1. The first-order valence-electron chi connectivity index (χ1n) is 8.52. The van der Waals surface area contributed by atoms with E-state index in [0.29, 0.717) is 35.5 Å². The van der Waals surface area contributed by atoms with Crippen LogP contribution in [-0.2, 0) is 16.0 Å². The van der Waals surface area contributed by atoms with E-state index in [-0.39, 0.29) is 24.2 Å². The number of aryl methyl sites for hydroxylation is 1. The molecule has 1 aliphatic carbocycles. The third-order valence-corrected chi connectivity index (χ3v) is 4.93. The van der Waals surface area contributed by atoms with Crippen molar-refractivity contribution in [1.29, 1.82) is 0 Å². The number of hydrogen-bond donors (Lipinski definition) is 2. The average Bonchev–Trinajstić information content (AvgIpc) is 3.41. The van der Waals surface area contributed by atoms with Crippen molar-refractivity contribution >= 4 is 29.1 Å². The van der Waals surface area contributed by atoms with Gasteiger partial charge in [-0.15, -0.1) is 0 Å². The molecule has 136 valence electrons. The van der Waals surface area contributed by atoms with Crippen molar-refractivity contribution in [3.63, 3.8) is 0 Å². The third kappa shape index (κ3) is 3.88. The van der Waals surface area contributed by atoms with Crippen LogP contribution in [0.5, 0.6) is 0 Å². The fourth-order valence-corrected chi connectivity index (χ4v) is 3.10. The Morgan fingerprint density at radius 2 is 1.88 bits per heavy atom. The predicted octanol–water partition coefficient (Wildman–Crippen LogP) is 3.87. The number of carbonyl (C=O) groups is 2. The van der Waals surface area contributed by atoms with Crippen molar-refractivity contribution in [2.24, 2.45) is 5.41 Å². The molecule has 1 fully saturated rings. The molecule has 2 N–H and O–H groups in total. The molecule has 0 bridgehead atoms. The summed E-state index contributed by atoms with van der Waals surface area (Å²) in [6.45, 7) is 2.13. The number of hydrogen-bond acceptors (Lipinski definition) is 2. The lowest BCUT2D eigenvalue weighted by atomic mass is 10.0. The molecule has 1 aliphatic rings. The Balaban J connectivity index is 1.58. The molecule has 0 aromatic heterocycles. The SMILES string of the molecule is Cc1cc(Cl)ccc1NC(=O)C1(C(=O)NCCc2ccccc2F)CC1. The Morgan fingerprint density at radius 1 is 1.15 bits per heavy atom. The lowest BCUT2D eigenvalue weighted by Gasteiger charge is -2.16. The zero-order chi connectivity index (χ0) is 18.7. The number of nitrogens with one attached hydrogen (secondary N) is 2. The molecule has 0 heterocycles. The molecule has 0 unspecified atom stereocenters. The molecule has 26 heavy (non-hydrogen) atoms. The van der Waals surface area contributed by atoms with E-state index in [1.165, 1.54) is 6.07 Å². The topological polar surface area (TPSA) is 58.2 Å². The van der Waals surface area contributed by atoms with Crippen molar-refractivity contribution < 1.29 is 14.0 Å². The summed E-state index contributed by atoms with van der Waals surface area (Å²) < 4.78 is 13.6. The number of amides is 2. The highest BCUT2D eigenvalue weighted by atomic mass is 35.5. The van der Waals surface area contributed by atoms with E-state index in [1.54, 1.807) is 36.4 Å². The van der Waals surface area contributed by atoms with Crippen molar-refractivity contribution in [2.45, 2.75) is 26.2 Å². The van der Waals surface area contributed by atoms with Crippen molar-refractivity contribution in [3.05, 3.63) is 64.4 Å². The average molecular weight is 375 g/mol. The van der Waals surface area contributed by atoms with Crippen LogP contribution in [-0.4, -0.2) is 18.4 Å². The summed E-state index contributed by atoms with van der Waals surface area (Å²) in [7, 11) is 0. The second-order valence-electron chi connectivity index (χ2n) is 6.59. The molecule has 2 aromatic rings. The third-order valence-electron chi connectivity index (χ3n) is 4.69. The lowest BCUT2D eigenvalue weighted by molar-refractivity contribution is -0.134. The van der Waals surface area contributed by atoms with Gasteiger partial charge in [0.05, 0.1) is 0 Å². The van der Waals surface area contributed by atoms with Gasteiger partial charge in [-0.3, -0.25) is 9.59 Å². The van der Waals surface area contributed by atoms with Crippen LogP contribution in [0.3, 0.4) is 0 Å². The molecule has 2 aromatic carbocycles. The molecule has 0 atom stereocenters. The second-order valence-corrected chi connectivity index (χ2v) is 7.03. The van der Waals surface area contributed by atoms with Gasteiger partial charge in [0.25, 0.3) is 0 Å². The van der Waals surface area contributed by atoms with Crippen LogP contribution < -0.4 is 10.6 Å². The molecule has 2 amide bonds. The molecule has 6 heteroatoms. The van der Waals surface area contributed by atoms with Crippen LogP contribution in [0.4, 0.5) is 10.1 Å². The van der Waals surface area contributed by atoms with Crippen LogP contribution in [0.15, 0.2) is 42.5 Å². The Morgan fingerprint density at radius 3 is 2.54 bits per heavy atom. The molecular formula is C20H20ClFN2O2. The number of carbonyl (C=O) groups excluding carboxylic acids is 2. The monoisotopic (exact) mass is 374 g/mol. The van der Waals surface area contributed by atoms with E-state index in [9.17, 15) is 14.0 Å². The summed E-state index contributed by atoms with van der Waals surface area (Å²) in [5.41, 5.74) is 0.992. The highest BCUT2D eigenvalue weighted by molar-refractivity contribution is 6.30. The highest BCUT2D eigenvalue weighted by Gasteiger charge is 2.56. The highest BCUT2D eigenvalue weighted by Crippen LogP contribution is 2.47. The van der Waals surface area contributed by atoms with Gasteiger partial charge < -0.3 is 10.6 Å². The fourth-order valence-electron chi connectivity index (χ4n) is 2.87. The van der Waals surface area contributed by atoms with Gasteiger partial charge in [0.1, 0.15) is 11.2 Å². The summed E-state index contributed by atoms with van der Waals surface area (Å²) in [6.07, 6.45) is 1.40. The molecule has 0 radical (unpaired) electrons. The summed E-state index contributed by atoms with van der Waals surface area (Å²) in [5.74, 6) is -0.914. The maximum atomic E-state index is 13.6. The van der Waals surface area contributed by atoms with Gasteiger partial charge in [-0.25, -0.2) is 4.39 Å². The van der Waals surface area contributed by atoms with Crippen LogP contribution >= 0.6 is 11.6 Å². The zero-order valence-electron chi connectivity index (χ0n) is 14.4. The first kappa shape index (κ1) is 18.4. The maximum Gasteiger partial charge on any atom is 0.240 e. The minimum Gasteiger partial charge on any atom is -0.355 e. The lowest BCUT2D eigenvalue weighted by Crippen LogP contribution is -2.40. The van der Waals surface area contributed by atoms with Crippen molar-refractivity contribution in [2.75, 3.05) is 11.9 Å². The van der Waals surface area contributed by atoms with Gasteiger partial charge in [0.2, 0.25) is 11.8 Å². The second kappa shape index (κ2) is 7.46. The molecule has 1 saturated carbocycles. The van der Waals surface area contributed by atoms with Crippen LogP contribution in [0.2, 0.25) is 5.02 Å². The van der Waals surface area contributed by atoms with Crippen LogP contribution in [0, 0.1) is 18.2 Å². The summed E-state index contributed by atoms with van der Waals surface area (Å²) in [6, 6.07) is 11.6. The fraction of sp³-hybridized carbons (Fsp3) is 0.300. The first-order valence-corrected chi connectivity index (χ1v) is 8.89. The Bertz CT molecular complexity index is 849. The Hall–Kier alpha value is -2.40. The number of rotatable bonds is 6. The molecule has 4 nitrogen and oxygen atoms in total. The normalized spacial score (nSPS) is 14.6. The maximum absolute atomic E-state index is 13.6. The van der Waals surface area contributed by atoms with E-state index in [1.807, 2.05) is 6.92 Å². The van der Waals surface area contributed by atoms with Crippen LogP contribution in [0.25, 0.3) is 0 Å². The quantitative estimate of drug-likeness (QED) is 0.754. The van der Waals surface area contributed by atoms with Gasteiger partial charge in [0, 0.05) is 17.3 Å². The number of benzene rings is 2. The van der Waals surface area contributed by atoms with E-state index in [0.717, 1.165) is 5.56 Å². The zero-order valence-corrected chi connectivity index (χ0v) is 15.2. The number of anilines is 1. The van der Waals surface area contributed by atoms with E-state index >= 15 is 0 Å². The minimum absolute atomic E-state index is 0.286.